The Hall–Kier alpha value is -3.06. The van der Waals surface area contributed by atoms with Crippen LogP contribution in [0.2, 0.25) is 0 Å². The Labute approximate surface area is 161 Å². The molecule has 0 amide bonds. The topological polar surface area (TPSA) is 3.24 Å². The molecule has 0 bridgehead atoms. The number of rotatable bonds is 6. The van der Waals surface area contributed by atoms with Crippen LogP contribution in [-0.2, 0) is 0 Å². The van der Waals surface area contributed by atoms with Crippen LogP contribution in [0.1, 0.15) is 18.9 Å². The summed E-state index contributed by atoms with van der Waals surface area (Å²) in [4.78, 5) is 2.48. The first-order valence-corrected chi connectivity index (χ1v) is 9.73. The fourth-order valence-corrected chi connectivity index (χ4v) is 3.69. The normalized spacial score (nSPS) is 11.4. The Morgan fingerprint density at radius 2 is 1.44 bits per heavy atom. The molecule has 134 valence electrons. The zero-order valence-electron chi connectivity index (χ0n) is 15.8. The van der Waals surface area contributed by atoms with Crippen molar-refractivity contribution in [3.05, 3.63) is 96.6 Å². The molecule has 1 nitrogen and oxygen atoms in total. The van der Waals surface area contributed by atoms with Gasteiger partial charge in [-0.15, -0.1) is 0 Å². The molecule has 0 saturated heterocycles. The van der Waals surface area contributed by atoms with Gasteiger partial charge < -0.3 is 4.90 Å². The van der Waals surface area contributed by atoms with Crippen LogP contribution >= 0.6 is 0 Å². The minimum Gasteiger partial charge on any atom is -0.371 e. The smallest absolute Gasteiger partial charge is 0.0446 e. The van der Waals surface area contributed by atoms with Crippen LogP contribution in [-0.4, -0.2) is 13.1 Å². The molecular weight excluding hydrogens is 326 g/mol. The van der Waals surface area contributed by atoms with E-state index in [9.17, 15) is 0 Å². The van der Waals surface area contributed by atoms with Crippen LogP contribution in [0.4, 0.5) is 5.69 Å². The lowest BCUT2D eigenvalue weighted by atomic mass is 10.0. The molecule has 0 saturated carbocycles. The van der Waals surface area contributed by atoms with Crippen LogP contribution in [0.25, 0.3) is 27.6 Å². The molecule has 0 spiro atoms. The Morgan fingerprint density at radius 1 is 0.741 bits per heavy atom. The highest BCUT2D eigenvalue weighted by molar-refractivity contribution is 6.03. The molecule has 0 atom stereocenters. The van der Waals surface area contributed by atoms with E-state index in [0.29, 0.717) is 0 Å². The van der Waals surface area contributed by atoms with Crippen molar-refractivity contribution in [2.75, 3.05) is 18.0 Å². The molecule has 0 aliphatic heterocycles. The van der Waals surface area contributed by atoms with Crippen LogP contribution in [0.15, 0.2) is 91.0 Å². The maximum absolute atomic E-state index is 2.48. The highest BCUT2D eigenvalue weighted by Crippen LogP contribution is 2.30. The fraction of sp³-hybridized carbons (Fsp3) is 0.154. The number of fused-ring (bicyclic) bond motifs is 2. The second-order valence-corrected chi connectivity index (χ2v) is 6.88. The highest BCUT2D eigenvalue weighted by Gasteiger charge is 2.08. The van der Waals surface area contributed by atoms with E-state index in [2.05, 4.69) is 109 Å². The number of hydrogen-bond acceptors (Lipinski definition) is 1. The van der Waals surface area contributed by atoms with Gasteiger partial charge >= 0.3 is 0 Å². The molecule has 1 heteroatoms. The van der Waals surface area contributed by atoms with E-state index in [0.717, 1.165) is 19.5 Å². The molecule has 0 aliphatic rings. The molecule has 4 aromatic rings. The molecule has 0 unspecified atom stereocenters. The van der Waals surface area contributed by atoms with Crippen molar-refractivity contribution in [2.24, 2.45) is 0 Å². The molecular formula is C26H25N. The monoisotopic (exact) mass is 351 g/mol. The van der Waals surface area contributed by atoms with Crippen molar-refractivity contribution in [1.29, 1.82) is 0 Å². The summed E-state index contributed by atoms with van der Waals surface area (Å²) in [6, 6.07) is 30.4. The standard InChI is InChI=1S/C26H25N/c1-2-27(18-9-8-13-21-11-4-3-5-12-21)26-17-10-16-24-19-22-14-6-7-15-23(22)20-25(24)26/h3-8,10-17,19-20H,2,9,18H2,1H3. The molecule has 4 rings (SSSR count). The van der Waals surface area contributed by atoms with Gasteiger partial charge in [-0.25, -0.2) is 0 Å². The molecule has 27 heavy (non-hydrogen) atoms. The SMILES string of the molecule is CCN(CCC=Cc1ccccc1)c1cccc2cc3ccccc3cc12. The summed E-state index contributed by atoms with van der Waals surface area (Å²) < 4.78 is 0. The van der Waals surface area contributed by atoms with Crippen LogP contribution in [0.5, 0.6) is 0 Å². The zero-order valence-corrected chi connectivity index (χ0v) is 15.8. The Kier molecular flexibility index (Phi) is 5.20. The Morgan fingerprint density at radius 3 is 2.22 bits per heavy atom. The highest BCUT2D eigenvalue weighted by atomic mass is 15.1. The van der Waals surface area contributed by atoms with Gasteiger partial charge in [-0.2, -0.15) is 0 Å². The van der Waals surface area contributed by atoms with Crippen LogP contribution in [0.3, 0.4) is 0 Å². The summed E-state index contributed by atoms with van der Waals surface area (Å²) in [5, 5.41) is 5.25. The molecule has 0 N–H and O–H groups in total. The predicted octanol–water partition coefficient (Wildman–Crippen LogP) is 6.92. The summed E-state index contributed by atoms with van der Waals surface area (Å²) >= 11 is 0. The molecule has 0 aromatic heterocycles. The predicted molar refractivity (Wildman–Crippen MR) is 119 cm³/mol. The summed E-state index contributed by atoms with van der Waals surface area (Å²) in [7, 11) is 0. The number of hydrogen-bond donors (Lipinski definition) is 0. The second-order valence-electron chi connectivity index (χ2n) is 6.88. The summed E-state index contributed by atoms with van der Waals surface area (Å²) in [5.41, 5.74) is 2.59. The fourth-order valence-electron chi connectivity index (χ4n) is 3.69. The third-order valence-electron chi connectivity index (χ3n) is 5.12. The third-order valence-corrected chi connectivity index (χ3v) is 5.12. The van der Waals surface area contributed by atoms with E-state index in [1.54, 1.807) is 0 Å². The van der Waals surface area contributed by atoms with E-state index in [-0.39, 0.29) is 0 Å². The quantitative estimate of drug-likeness (QED) is 0.341. The first kappa shape index (κ1) is 17.4. The Balaban J connectivity index is 1.59. The lowest BCUT2D eigenvalue weighted by molar-refractivity contribution is 0.827. The van der Waals surface area contributed by atoms with Crippen molar-refractivity contribution in [3.8, 4) is 0 Å². The van der Waals surface area contributed by atoms with Gasteiger partial charge in [-0.3, -0.25) is 0 Å². The van der Waals surface area contributed by atoms with Crippen molar-refractivity contribution in [2.45, 2.75) is 13.3 Å². The minimum atomic E-state index is 1.01. The summed E-state index contributed by atoms with van der Waals surface area (Å²) in [6.45, 7) is 4.26. The number of nitrogens with zero attached hydrogens (tertiary/aromatic N) is 1. The average molecular weight is 351 g/mol. The van der Waals surface area contributed by atoms with Gasteiger partial charge in [0.05, 0.1) is 0 Å². The van der Waals surface area contributed by atoms with Gasteiger partial charge in [0.15, 0.2) is 0 Å². The first-order chi connectivity index (χ1) is 13.3. The third kappa shape index (κ3) is 3.88. The molecule has 0 aliphatic carbocycles. The lowest BCUT2D eigenvalue weighted by Crippen LogP contribution is -2.23. The molecule has 0 heterocycles. The van der Waals surface area contributed by atoms with Gasteiger partial charge in [-0.05, 0) is 53.3 Å². The maximum atomic E-state index is 2.48. The van der Waals surface area contributed by atoms with Crippen molar-refractivity contribution in [3.63, 3.8) is 0 Å². The second kappa shape index (κ2) is 8.09. The van der Waals surface area contributed by atoms with Crippen molar-refractivity contribution < 1.29 is 0 Å². The van der Waals surface area contributed by atoms with Crippen molar-refractivity contribution in [1.82, 2.24) is 0 Å². The van der Waals surface area contributed by atoms with Gasteiger partial charge in [0.25, 0.3) is 0 Å². The van der Waals surface area contributed by atoms with E-state index < -0.39 is 0 Å². The molecule has 0 radical (unpaired) electrons. The van der Waals surface area contributed by atoms with Crippen molar-refractivity contribution >= 4 is 33.3 Å². The van der Waals surface area contributed by atoms with E-state index in [1.165, 1.54) is 32.8 Å². The van der Waals surface area contributed by atoms with Gasteiger partial charge in [-0.1, -0.05) is 78.9 Å². The first-order valence-electron chi connectivity index (χ1n) is 9.73. The zero-order chi connectivity index (χ0) is 18.5. The summed E-state index contributed by atoms with van der Waals surface area (Å²) in [6.07, 6.45) is 5.52. The largest absolute Gasteiger partial charge is 0.371 e. The van der Waals surface area contributed by atoms with Gasteiger partial charge in [0.2, 0.25) is 0 Å². The Bertz CT molecular complexity index is 1060. The van der Waals surface area contributed by atoms with E-state index >= 15 is 0 Å². The van der Waals surface area contributed by atoms with Crippen LogP contribution < -0.4 is 4.90 Å². The van der Waals surface area contributed by atoms with Gasteiger partial charge in [0.1, 0.15) is 0 Å². The van der Waals surface area contributed by atoms with Crippen LogP contribution in [0, 0.1) is 0 Å². The minimum absolute atomic E-state index is 1.01. The van der Waals surface area contributed by atoms with E-state index in [1.807, 2.05) is 0 Å². The molecule has 0 fully saturated rings. The average Bonchev–Trinajstić information content (AvgIpc) is 2.73. The lowest BCUT2D eigenvalue weighted by Gasteiger charge is -2.24. The maximum Gasteiger partial charge on any atom is 0.0446 e. The summed E-state index contributed by atoms with van der Waals surface area (Å²) in [5.74, 6) is 0. The van der Waals surface area contributed by atoms with E-state index in [4.69, 9.17) is 0 Å². The number of benzene rings is 4. The van der Waals surface area contributed by atoms with Gasteiger partial charge in [0, 0.05) is 24.2 Å². The number of anilines is 1. The molecule has 4 aromatic carbocycles.